The molecular formula is C16H25N3O4S. The second kappa shape index (κ2) is 8.25. The van der Waals surface area contributed by atoms with Crippen molar-refractivity contribution >= 4 is 27.5 Å². The fraction of sp³-hybridized carbons (Fsp3) is 0.500. The highest BCUT2D eigenvalue weighted by molar-refractivity contribution is 7.90. The number of carbonyl (C=O) groups excluding carboxylic acids is 2. The third-order valence-electron chi connectivity index (χ3n) is 3.36. The molecule has 24 heavy (non-hydrogen) atoms. The van der Waals surface area contributed by atoms with Crippen molar-refractivity contribution in [2.45, 2.75) is 44.8 Å². The van der Waals surface area contributed by atoms with Gasteiger partial charge >= 0.3 is 0 Å². The topological polar surface area (TPSA) is 118 Å². The number of carbonyl (C=O) groups is 2. The van der Waals surface area contributed by atoms with Gasteiger partial charge in [0.05, 0.1) is 4.75 Å². The highest BCUT2D eigenvalue weighted by Crippen LogP contribution is 2.13. The van der Waals surface area contributed by atoms with Crippen molar-refractivity contribution in [3.8, 4) is 0 Å². The van der Waals surface area contributed by atoms with E-state index in [4.69, 9.17) is 5.73 Å². The van der Waals surface area contributed by atoms with E-state index in [0.29, 0.717) is 30.6 Å². The normalized spacial score (nSPS) is 12.0. The van der Waals surface area contributed by atoms with Crippen LogP contribution < -0.4 is 15.8 Å². The second-order valence-corrected chi connectivity index (χ2v) is 8.98. The highest BCUT2D eigenvalue weighted by atomic mass is 32.2. The van der Waals surface area contributed by atoms with Gasteiger partial charge < -0.3 is 11.1 Å². The van der Waals surface area contributed by atoms with Crippen LogP contribution in [0.5, 0.6) is 0 Å². The van der Waals surface area contributed by atoms with E-state index in [1.807, 2.05) is 0 Å². The molecule has 0 aliphatic heterocycles. The number of rotatable bonds is 8. The van der Waals surface area contributed by atoms with Crippen LogP contribution in [0, 0.1) is 0 Å². The van der Waals surface area contributed by atoms with E-state index in [1.165, 1.54) is 6.07 Å². The summed E-state index contributed by atoms with van der Waals surface area (Å²) in [7, 11) is -3.35. The smallest absolute Gasteiger partial charge is 0.248 e. The molecule has 0 aliphatic rings. The van der Waals surface area contributed by atoms with Crippen molar-refractivity contribution < 1.29 is 18.0 Å². The Labute approximate surface area is 143 Å². The van der Waals surface area contributed by atoms with Crippen LogP contribution in [-0.2, 0) is 14.8 Å². The Morgan fingerprint density at radius 2 is 1.83 bits per heavy atom. The lowest BCUT2D eigenvalue weighted by atomic mass is 10.2. The molecule has 0 aliphatic carbocycles. The minimum Gasteiger partial charge on any atom is -0.366 e. The summed E-state index contributed by atoms with van der Waals surface area (Å²) < 4.78 is 25.4. The minimum atomic E-state index is -3.35. The lowest BCUT2D eigenvalue weighted by molar-refractivity contribution is -0.116. The van der Waals surface area contributed by atoms with Crippen LogP contribution in [0.25, 0.3) is 0 Å². The van der Waals surface area contributed by atoms with Gasteiger partial charge in [-0.3, -0.25) is 9.59 Å². The molecule has 7 nitrogen and oxygen atoms in total. The summed E-state index contributed by atoms with van der Waals surface area (Å²) in [6.45, 7) is 5.18. The number of nitrogens with two attached hydrogens (primary N) is 1. The van der Waals surface area contributed by atoms with Crippen LogP contribution in [0.2, 0.25) is 0 Å². The maximum Gasteiger partial charge on any atom is 0.248 e. The standard InChI is InChI=1S/C16H25N3O4S/c1-16(2,3)24(22,23)18-10-5-4-9-14(20)19-13-8-6-7-12(11-13)15(17)21/h6-8,11,18H,4-5,9-10H2,1-3H3,(H2,17,21)(H,19,20). The number of benzene rings is 1. The molecular weight excluding hydrogens is 330 g/mol. The predicted molar refractivity (Wildman–Crippen MR) is 94.1 cm³/mol. The van der Waals surface area contributed by atoms with Gasteiger partial charge in [-0.25, -0.2) is 13.1 Å². The summed E-state index contributed by atoms with van der Waals surface area (Å²) in [5.74, 6) is -0.757. The van der Waals surface area contributed by atoms with E-state index >= 15 is 0 Å². The zero-order valence-corrected chi connectivity index (χ0v) is 15.1. The summed E-state index contributed by atoms with van der Waals surface area (Å²) >= 11 is 0. The van der Waals surface area contributed by atoms with E-state index in [2.05, 4.69) is 10.0 Å². The van der Waals surface area contributed by atoms with E-state index in [0.717, 1.165) is 0 Å². The molecule has 0 radical (unpaired) electrons. The van der Waals surface area contributed by atoms with Gasteiger partial charge in [-0.2, -0.15) is 0 Å². The number of nitrogens with one attached hydrogen (secondary N) is 2. The van der Waals surface area contributed by atoms with Crippen molar-refractivity contribution in [1.29, 1.82) is 0 Å². The highest BCUT2D eigenvalue weighted by Gasteiger charge is 2.27. The van der Waals surface area contributed by atoms with Gasteiger partial charge in [-0.1, -0.05) is 6.07 Å². The quantitative estimate of drug-likeness (QED) is 0.614. The van der Waals surface area contributed by atoms with Crippen LogP contribution in [0.3, 0.4) is 0 Å². The van der Waals surface area contributed by atoms with Gasteiger partial charge in [0.2, 0.25) is 21.8 Å². The number of unbranched alkanes of at least 4 members (excludes halogenated alkanes) is 1. The SMILES string of the molecule is CC(C)(C)S(=O)(=O)NCCCCC(=O)Nc1cccc(C(N)=O)c1. The third-order valence-corrected chi connectivity index (χ3v) is 5.56. The molecule has 134 valence electrons. The average Bonchev–Trinajstić information content (AvgIpc) is 2.45. The van der Waals surface area contributed by atoms with E-state index in [1.54, 1.807) is 39.0 Å². The Kier molecular flexibility index (Phi) is 6.92. The Bertz CT molecular complexity index is 694. The van der Waals surface area contributed by atoms with Gasteiger partial charge in [0.25, 0.3) is 0 Å². The molecule has 0 saturated heterocycles. The lowest BCUT2D eigenvalue weighted by Crippen LogP contribution is -2.39. The number of hydrogen-bond donors (Lipinski definition) is 3. The number of sulfonamides is 1. The number of primary amides is 1. The lowest BCUT2D eigenvalue weighted by Gasteiger charge is -2.19. The molecule has 0 spiro atoms. The largest absolute Gasteiger partial charge is 0.366 e. The molecule has 4 N–H and O–H groups in total. The molecule has 0 aromatic heterocycles. The van der Waals surface area contributed by atoms with Gasteiger partial charge in [-0.15, -0.1) is 0 Å². The van der Waals surface area contributed by atoms with Crippen LogP contribution in [0.15, 0.2) is 24.3 Å². The maximum absolute atomic E-state index is 11.8. The zero-order chi connectivity index (χ0) is 18.4. The van der Waals surface area contributed by atoms with Gasteiger partial charge in [0.15, 0.2) is 0 Å². The van der Waals surface area contributed by atoms with E-state index < -0.39 is 20.7 Å². The summed E-state index contributed by atoms with van der Waals surface area (Å²) in [5, 5.41) is 2.68. The van der Waals surface area contributed by atoms with Gasteiger partial charge in [0.1, 0.15) is 0 Å². The minimum absolute atomic E-state index is 0.199. The number of anilines is 1. The molecule has 1 rings (SSSR count). The van der Waals surface area contributed by atoms with E-state index in [-0.39, 0.29) is 12.3 Å². The fourth-order valence-electron chi connectivity index (χ4n) is 1.81. The second-order valence-electron chi connectivity index (χ2n) is 6.46. The predicted octanol–water partition coefficient (Wildman–Crippen LogP) is 1.61. The number of amides is 2. The molecule has 0 saturated carbocycles. The van der Waals surface area contributed by atoms with Crippen LogP contribution >= 0.6 is 0 Å². The summed E-state index contributed by atoms with van der Waals surface area (Å²) in [6.07, 6.45) is 1.37. The van der Waals surface area contributed by atoms with Crippen molar-refractivity contribution in [2.24, 2.45) is 5.73 Å². The molecule has 2 amide bonds. The van der Waals surface area contributed by atoms with Crippen LogP contribution in [-0.4, -0.2) is 31.5 Å². The Morgan fingerprint density at radius 1 is 1.17 bits per heavy atom. The summed E-state index contributed by atoms with van der Waals surface area (Å²) in [5.41, 5.74) is 6.01. The first-order valence-electron chi connectivity index (χ1n) is 7.72. The fourth-order valence-corrected chi connectivity index (χ4v) is 2.65. The first kappa shape index (κ1) is 20.1. The van der Waals surface area contributed by atoms with Gasteiger partial charge in [-0.05, 0) is 51.8 Å². The third kappa shape index (κ3) is 6.29. The van der Waals surface area contributed by atoms with Crippen LogP contribution in [0.1, 0.15) is 50.4 Å². The molecule has 0 fully saturated rings. The van der Waals surface area contributed by atoms with Crippen LogP contribution in [0.4, 0.5) is 5.69 Å². The molecule has 0 bridgehead atoms. The van der Waals surface area contributed by atoms with Crippen molar-refractivity contribution in [1.82, 2.24) is 4.72 Å². The monoisotopic (exact) mass is 355 g/mol. The molecule has 0 atom stereocenters. The Balaban J connectivity index is 2.35. The molecule has 0 unspecified atom stereocenters. The van der Waals surface area contributed by atoms with Crippen molar-refractivity contribution in [3.63, 3.8) is 0 Å². The maximum atomic E-state index is 11.8. The molecule has 1 aromatic carbocycles. The average molecular weight is 355 g/mol. The Hall–Kier alpha value is -1.93. The first-order valence-corrected chi connectivity index (χ1v) is 9.20. The van der Waals surface area contributed by atoms with Gasteiger partial charge in [0, 0.05) is 24.2 Å². The summed E-state index contributed by atoms with van der Waals surface area (Å²) in [6, 6.07) is 6.38. The Morgan fingerprint density at radius 3 is 2.42 bits per heavy atom. The van der Waals surface area contributed by atoms with Crippen molar-refractivity contribution in [3.05, 3.63) is 29.8 Å². The zero-order valence-electron chi connectivity index (χ0n) is 14.3. The van der Waals surface area contributed by atoms with Crippen molar-refractivity contribution in [2.75, 3.05) is 11.9 Å². The molecule has 0 heterocycles. The molecule has 8 heteroatoms. The number of hydrogen-bond acceptors (Lipinski definition) is 4. The van der Waals surface area contributed by atoms with E-state index in [9.17, 15) is 18.0 Å². The first-order chi connectivity index (χ1) is 11.0. The summed E-state index contributed by atoms with van der Waals surface area (Å²) in [4.78, 5) is 22.9. The molecule has 1 aromatic rings.